The van der Waals surface area contributed by atoms with E-state index in [2.05, 4.69) is 10.1 Å². The second-order valence-corrected chi connectivity index (χ2v) is 6.99. The van der Waals surface area contributed by atoms with Crippen molar-refractivity contribution in [2.75, 3.05) is 7.11 Å². The van der Waals surface area contributed by atoms with Crippen molar-refractivity contribution in [1.82, 2.24) is 5.01 Å². The number of carbonyl (C=O) groups excluding carboxylic acids is 1. The molecule has 6 nitrogen and oxygen atoms in total. The largest absolute Gasteiger partial charge is 0.497 e. The quantitative estimate of drug-likeness (QED) is 0.828. The van der Waals surface area contributed by atoms with Crippen LogP contribution in [0.3, 0.4) is 0 Å². The third-order valence-corrected chi connectivity index (χ3v) is 5.03. The van der Waals surface area contributed by atoms with Gasteiger partial charge in [0.15, 0.2) is 5.84 Å². The van der Waals surface area contributed by atoms with Gasteiger partial charge in [-0.05, 0) is 41.1 Å². The predicted octanol–water partition coefficient (Wildman–Crippen LogP) is 3.56. The molecule has 27 heavy (non-hydrogen) atoms. The number of nitrogens with zero attached hydrogens (tertiary/aromatic N) is 3. The van der Waals surface area contributed by atoms with E-state index in [4.69, 9.17) is 10.1 Å². The first-order valence-electron chi connectivity index (χ1n) is 8.31. The molecule has 0 radical (unpaired) electrons. The summed E-state index contributed by atoms with van der Waals surface area (Å²) in [7, 11) is 1.60. The van der Waals surface area contributed by atoms with Gasteiger partial charge in [-0.1, -0.05) is 42.5 Å². The Bertz CT molecular complexity index is 994. The Hall–Kier alpha value is -3.19. The highest BCUT2D eigenvalue weighted by molar-refractivity contribution is 8.26. The minimum Gasteiger partial charge on any atom is -0.497 e. The fraction of sp³-hybridized carbons (Fsp3) is 0.100. The summed E-state index contributed by atoms with van der Waals surface area (Å²) in [5.41, 5.74) is 2.13. The van der Waals surface area contributed by atoms with Gasteiger partial charge in [0.05, 0.1) is 12.7 Å². The first kappa shape index (κ1) is 17.2. The molecule has 0 unspecified atom stereocenters. The van der Waals surface area contributed by atoms with Crippen molar-refractivity contribution in [3.8, 4) is 5.75 Å². The van der Waals surface area contributed by atoms with Gasteiger partial charge in [-0.3, -0.25) is 10.2 Å². The number of hydrogen-bond acceptors (Lipinski definition) is 5. The van der Waals surface area contributed by atoms with E-state index in [0.717, 1.165) is 21.9 Å². The summed E-state index contributed by atoms with van der Waals surface area (Å²) >= 11 is 1.33. The van der Waals surface area contributed by atoms with Gasteiger partial charge in [0, 0.05) is 6.42 Å². The van der Waals surface area contributed by atoms with Crippen LogP contribution < -0.4 is 4.74 Å². The number of aliphatic imine (C=N–C) groups is 1. The third-order valence-electron chi connectivity index (χ3n) is 4.12. The van der Waals surface area contributed by atoms with Crippen molar-refractivity contribution in [2.45, 2.75) is 6.42 Å². The lowest BCUT2D eigenvalue weighted by Crippen LogP contribution is -2.35. The van der Waals surface area contributed by atoms with Crippen LogP contribution in [-0.4, -0.2) is 34.1 Å². The number of hydrazone groups is 1. The summed E-state index contributed by atoms with van der Waals surface area (Å²) in [5, 5.41) is 15.6. The van der Waals surface area contributed by atoms with Crippen LogP contribution >= 0.6 is 11.8 Å². The molecule has 0 bridgehead atoms. The third kappa shape index (κ3) is 3.54. The average Bonchev–Trinajstić information content (AvgIpc) is 3.09. The van der Waals surface area contributed by atoms with Gasteiger partial charge in [-0.25, -0.2) is 0 Å². The molecule has 0 saturated carbocycles. The van der Waals surface area contributed by atoms with E-state index in [1.165, 1.54) is 16.8 Å². The minimum atomic E-state index is -0.425. The van der Waals surface area contributed by atoms with Crippen LogP contribution in [0.5, 0.6) is 5.75 Å². The van der Waals surface area contributed by atoms with E-state index < -0.39 is 5.91 Å². The Balaban J connectivity index is 1.59. The highest BCUT2D eigenvalue weighted by Crippen LogP contribution is 2.29. The topological polar surface area (TPSA) is 78.1 Å². The van der Waals surface area contributed by atoms with E-state index in [1.807, 2.05) is 42.5 Å². The molecule has 7 heteroatoms. The highest BCUT2D eigenvalue weighted by atomic mass is 32.2. The SMILES string of the molecule is COc1ccc(/C=C2/C(=N)N3N=C(Cc4ccccc4)SC3=NC2=O)cc1. The van der Waals surface area contributed by atoms with Crippen molar-refractivity contribution in [3.05, 3.63) is 71.3 Å². The van der Waals surface area contributed by atoms with Gasteiger partial charge in [-0.2, -0.15) is 15.1 Å². The van der Waals surface area contributed by atoms with Crippen molar-refractivity contribution >= 4 is 39.8 Å². The van der Waals surface area contributed by atoms with E-state index in [0.29, 0.717) is 11.6 Å². The molecule has 2 aliphatic rings. The lowest BCUT2D eigenvalue weighted by molar-refractivity contribution is -0.114. The number of benzene rings is 2. The van der Waals surface area contributed by atoms with Gasteiger partial charge in [0.25, 0.3) is 5.91 Å². The summed E-state index contributed by atoms with van der Waals surface area (Å²) in [6, 6.07) is 17.2. The standard InChI is InChI=1S/C20H16N4O2S/c1-26-15-9-7-14(8-10-15)11-16-18(21)24-20(22-19(16)25)27-17(23-24)12-13-5-3-2-4-6-13/h2-11,21H,12H2,1H3/b16-11-,21-18?. The van der Waals surface area contributed by atoms with Crippen molar-refractivity contribution < 1.29 is 9.53 Å². The molecule has 2 aromatic rings. The summed E-state index contributed by atoms with van der Waals surface area (Å²) in [4.78, 5) is 16.5. The zero-order valence-electron chi connectivity index (χ0n) is 14.5. The first-order chi connectivity index (χ1) is 13.1. The number of nitrogens with one attached hydrogen (secondary N) is 1. The predicted molar refractivity (Wildman–Crippen MR) is 108 cm³/mol. The maximum absolute atomic E-state index is 12.4. The fourth-order valence-electron chi connectivity index (χ4n) is 2.74. The zero-order chi connectivity index (χ0) is 18.8. The number of hydrogen-bond donors (Lipinski definition) is 1. The number of fused-ring (bicyclic) bond motifs is 1. The number of thioether (sulfide) groups is 1. The van der Waals surface area contributed by atoms with E-state index in [-0.39, 0.29) is 11.4 Å². The molecule has 2 aliphatic heterocycles. The molecule has 0 fully saturated rings. The van der Waals surface area contributed by atoms with Crippen molar-refractivity contribution in [3.63, 3.8) is 0 Å². The van der Waals surface area contributed by atoms with Gasteiger partial charge < -0.3 is 4.74 Å². The molecule has 2 heterocycles. The van der Waals surface area contributed by atoms with E-state index >= 15 is 0 Å². The number of carbonyl (C=O) groups is 1. The number of amidine groups is 2. The Labute approximate surface area is 160 Å². The van der Waals surface area contributed by atoms with Crippen LogP contribution in [0.15, 0.2) is 70.3 Å². The molecule has 134 valence electrons. The van der Waals surface area contributed by atoms with Crippen LogP contribution in [0.1, 0.15) is 11.1 Å². The van der Waals surface area contributed by atoms with Gasteiger partial charge >= 0.3 is 0 Å². The minimum absolute atomic E-state index is 0.0383. The molecule has 0 atom stereocenters. The Morgan fingerprint density at radius 1 is 1.15 bits per heavy atom. The van der Waals surface area contributed by atoms with Crippen LogP contribution in [0.4, 0.5) is 0 Å². The second-order valence-electron chi connectivity index (χ2n) is 5.95. The van der Waals surface area contributed by atoms with E-state index in [1.54, 1.807) is 25.3 Å². The van der Waals surface area contributed by atoms with Crippen LogP contribution in [0.2, 0.25) is 0 Å². The van der Waals surface area contributed by atoms with Crippen LogP contribution in [0, 0.1) is 5.41 Å². The fourth-order valence-corrected chi connectivity index (χ4v) is 3.66. The molecule has 0 aliphatic carbocycles. The number of rotatable bonds is 4. The molecule has 2 aromatic carbocycles. The lowest BCUT2D eigenvalue weighted by Gasteiger charge is -2.20. The molecule has 0 spiro atoms. The normalized spacial score (nSPS) is 17.7. The Morgan fingerprint density at radius 2 is 1.89 bits per heavy atom. The molecule has 4 rings (SSSR count). The van der Waals surface area contributed by atoms with E-state index in [9.17, 15) is 4.79 Å². The molecule has 1 N–H and O–H groups in total. The molecule has 0 saturated heterocycles. The summed E-state index contributed by atoms with van der Waals surface area (Å²) < 4.78 is 5.14. The molecular formula is C20H16N4O2S. The van der Waals surface area contributed by atoms with Crippen LogP contribution in [-0.2, 0) is 11.2 Å². The molecule has 0 aromatic heterocycles. The monoisotopic (exact) mass is 376 g/mol. The number of amides is 1. The van der Waals surface area contributed by atoms with Gasteiger partial charge in [0.2, 0.25) is 5.17 Å². The first-order valence-corrected chi connectivity index (χ1v) is 9.13. The summed E-state index contributed by atoms with van der Waals surface area (Å²) in [5.74, 6) is 0.343. The summed E-state index contributed by atoms with van der Waals surface area (Å²) in [6.45, 7) is 0. The smallest absolute Gasteiger partial charge is 0.283 e. The number of ether oxygens (including phenoxy) is 1. The number of methoxy groups -OCH3 is 1. The second kappa shape index (κ2) is 7.20. The molecular weight excluding hydrogens is 360 g/mol. The van der Waals surface area contributed by atoms with Crippen LogP contribution in [0.25, 0.3) is 6.08 Å². The summed E-state index contributed by atoms with van der Waals surface area (Å²) in [6.07, 6.45) is 2.29. The Kier molecular flexibility index (Phi) is 4.60. The maximum Gasteiger partial charge on any atom is 0.283 e. The molecule has 1 amide bonds. The van der Waals surface area contributed by atoms with Gasteiger partial charge in [-0.15, -0.1) is 0 Å². The van der Waals surface area contributed by atoms with Crippen molar-refractivity contribution in [2.24, 2.45) is 10.1 Å². The zero-order valence-corrected chi connectivity index (χ0v) is 15.4. The lowest BCUT2D eigenvalue weighted by atomic mass is 10.1. The maximum atomic E-state index is 12.4. The average molecular weight is 376 g/mol. The van der Waals surface area contributed by atoms with Crippen molar-refractivity contribution in [1.29, 1.82) is 5.41 Å². The Morgan fingerprint density at radius 3 is 2.59 bits per heavy atom. The highest BCUT2D eigenvalue weighted by Gasteiger charge is 2.35. The van der Waals surface area contributed by atoms with Gasteiger partial charge in [0.1, 0.15) is 10.8 Å².